The molecule has 0 spiro atoms. The number of carbonyl (C=O) groups excluding carboxylic acids is 1. The van der Waals surface area contributed by atoms with E-state index < -0.39 is 17.5 Å². The third kappa shape index (κ3) is 5.34. The van der Waals surface area contributed by atoms with Gasteiger partial charge < -0.3 is 20.3 Å². The van der Waals surface area contributed by atoms with E-state index in [9.17, 15) is 14.7 Å². The fourth-order valence-electron chi connectivity index (χ4n) is 5.79. The molecule has 3 atom stereocenters. The maximum Gasteiger partial charge on any atom is 0.343 e. The molecule has 1 saturated heterocycles. The van der Waals surface area contributed by atoms with Gasteiger partial charge in [-0.3, -0.25) is 0 Å². The average Bonchev–Trinajstić information content (AvgIpc) is 3.40. The number of benzene rings is 2. The molecule has 1 aliphatic heterocycles. The molecule has 2 aromatic carbocycles. The summed E-state index contributed by atoms with van der Waals surface area (Å²) in [6.45, 7) is 1.84. The van der Waals surface area contributed by atoms with Gasteiger partial charge in [0.2, 0.25) is 0 Å². The first-order chi connectivity index (χ1) is 16.5. The highest BCUT2D eigenvalue weighted by Gasteiger charge is 2.50. The lowest BCUT2D eigenvalue weighted by atomic mass is 9.75. The number of carbonyl (C=O) groups is 2. The van der Waals surface area contributed by atoms with Crippen LogP contribution < -0.4 is 5.32 Å². The molecule has 5 rings (SSSR count). The lowest BCUT2D eigenvalue weighted by molar-refractivity contribution is -0.188. The number of hydrogen-bond donors (Lipinski definition) is 3. The Hall–Kier alpha value is -2.70. The Labute approximate surface area is 201 Å². The maximum atomic E-state index is 13.3. The van der Waals surface area contributed by atoms with Crippen molar-refractivity contribution in [3.63, 3.8) is 0 Å². The number of aliphatic hydroxyl groups is 1. The zero-order chi connectivity index (χ0) is 24.0. The summed E-state index contributed by atoms with van der Waals surface area (Å²) >= 11 is 0. The second-order valence-electron chi connectivity index (χ2n) is 9.76. The van der Waals surface area contributed by atoms with Crippen LogP contribution in [0.15, 0.2) is 60.7 Å². The molecule has 0 radical (unpaired) electrons. The molecule has 3 aliphatic rings. The van der Waals surface area contributed by atoms with Gasteiger partial charge in [-0.15, -0.1) is 0 Å². The summed E-state index contributed by atoms with van der Waals surface area (Å²) in [5.74, 6) is -0.561. The Morgan fingerprint density at radius 2 is 1.38 bits per heavy atom. The van der Waals surface area contributed by atoms with Crippen molar-refractivity contribution in [2.24, 2.45) is 17.8 Å². The summed E-state index contributed by atoms with van der Waals surface area (Å²) in [5.41, 5.74) is -0.486. The van der Waals surface area contributed by atoms with Gasteiger partial charge in [-0.05, 0) is 43.4 Å². The zero-order valence-electron chi connectivity index (χ0n) is 19.6. The van der Waals surface area contributed by atoms with E-state index >= 15 is 0 Å². The molecule has 2 unspecified atom stereocenters. The summed E-state index contributed by atoms with van der Waals surface area (Å²) < 4.78 is 6.06. The predicted molar refractivity (Wildman–Crippen MR) is 129 cm³/mol. The molecular formula is C28H35NO5. The molecule has 2 saturated carbocycles. The van der Waals surface area contributed by atoms with Gasteiger partial charge in [0.1, 0.15) is 6.10 Å². The summed E-state index contributed by atoms with van der Waals surface area (Å²) in [7, 11) is 0. The van der Waals surface area contributed by atoms with E-state index in [4.69, 9.17) is 9.84 Å². The van der Waals surface area contributed by atoms with E-state index in [1.54, 1.807) is 30.3 Å². The molecule has 6 nitrogen and oxygen atoms in total. The third-order valence-corrected chi connectivity index (χ3v) is 7.63. The Bertz CT molecular complexity index is 922. The smallest absolute Gasteiger partial charge is 0.343 e. The van der Waals surface area contributed by atoms with Crippen molar-refractivity contribution in [2.75, 3.05) is 13.1 Å². The lowest BCUT2D eigenvalue weighted by Crippen LogP contribution is -2.54. The van der Waals surface area contributed by atoms with Gasteiger partial charge >= 0.3 is 11.9 Å². The Kier molecular flexibility index (Phi) is 8.01. The van der Waals surface area contributed by atoms with Gasteiger partial charge in [-0.1, -0.05) is 67.8 Å². The first kappa shape index (κ1) is 24.4. The van der Waals surface area contributed by atoms with E-state index in [1.807, 2.05) is 30.3 Å². The molecule has 1 heterocycles. The highest BCUT2D eigenvalue weighted by atomic mass is 16.6. The van der Waals surface area contributed by atoms with Crippen molar-refractivity contribution in [1.29, 1.82) is 0 Å². The third-order valence-electron chi connectivity index (χ3n) is 7.63. The summed E-state index contributed by atoms with van der Waals surface area (Å²) in [6, 6.07) is 17.7. The normalized spacial score (nSPS) is 26.0. The van der Waals surface area contributed by atoms with E-state index in [2.05, 4.69) is 5.32 Å². The quantitative estimate of drug-likeness (QED) is 0.567. The monoisotopic (exact) mass is 465 g/mol. The number of fused-ring (bicyclic) bond motifs is 2. The van der Waals surface area contributed by atoms with Crippen LogP contribution in [0.4, 0.5) is 0 Å². The topological polar surface area (TPSA) is 95.9 Å². The second-order valence-corrected chi connectivity index (χ2v) is 9.76. The minimum atomic E-state index is -1.50. The molecular weight excluding hydrogens is 430 g/mol. The van der Waals surface area contributed by atoms with Crippen LogP contribution in [0.25, 0.3) is 0 Å². The highest BCUT2D eigenvalue weighted by molar-refractivity contribution is 5.87. The molecule has 34 heavy (non-hydrogen) atoms. The summed E-state index contributed by atoms with van der Waals surface area (Å²) in [5, 5.41) is 23.4. The molecule has 2 aromatic rings. The van der Waals surface area contributed by atoms with Crippen molar-refractivity contribution in [2.45, 2.75) is 56.7 Å². The molecule has 0 aromatic heterocycles. The van der Waals surface area contributed by atoms with E-state index in [-0.39, 0.29) is 12.0 Å². The number of esters is 1. The molecule has 3 N–H and O–H groups in total. The van der Waals surface area contributed by atoms with Crippen LogP contribution in [0.3, 0.4) is 0 Å². The lowest BCUT2D eigenvalue weighted by Gasteiger charge is -2.43. The van der Waals surface area contributed by atoms with Crippen LogP contribution >= 0.6 is 0 Å². The first-order valence-electron chi connectivity index (χ1n) is 12.5. The van der Waals surface area contributed by atoms with Gasteiger partial charge in [0.15, 0.2) is 5.60 Å². The number of carboxylic acids is 1. The van der Waals surface area contributed by atoms with E-state index in [1.165, 1.54) is 6.42 Å². The summed E-state index contributed by atoms with van der Waals surface area (Å²) in [6.07, 6.45) is 7.32. The van der Waals surface area contributed by atoms with Crippen LogP contribution in [0.1, 0.15) is 60.9 Å². The van der Waals surface area contributed by atoms with E-state index in [0.717, 1.165) is 51.6 Å². The highest BCUT2D eigenvalue weighted by Crippen LogP contribution is 2.43. The average molecular weight is 466 g/mol. The van der Waals surface area contributed by atoms with Gasteiger partial charge in [0.05, 0.1) is 5.56 Å². The number of ether oxygens (including phenoxy) is 1. The Morgan fingerprint density at radius 1 is 0.824 bits per heavy atom. The van der Waals surface area contributed by atoms with Crippen molar-refractivity contribution in [1.82, 2.24) is 5.32 Å². The first-order valence-corrected chi connectivity index (χ1v) is 12.5. The van der Waals surface area contributed by atoms with Crippen LogP contribution in [-0.4, -0.2) is 41.3 Å². The largest absolute Gasteiger partial charge is 0.478 e. The van der Waals surface area contributed by atoms with Crippen molar-refractivity contribution < 1.29 is 24.5 Å². The Morgan fingerprint density at radius 3 is 1.91 bits per heavy atom. The van der Waals surface area contributed by atoms with Crippen molar-refractivity contribution in [3.8, 4) is 0 Å². The van der Waals surface area contributed by atoms with Crippen LogP contribution in [0, 0.1) is 17.8 Å². The number of carboxylic acid groups (broad SMARTS) is 1. The molecule has 2 bridgehead atoms. The standard InChI is InChI=1S/C21H29NO3.C7H6O2/c23-20(25-19-15-7-6-8-16(19)14-22-13-15)21(24,18-11-4-5-12-18)17-9-2-1-3-10-17;8-7(9)6-4-2-1-3-5-6/h1-3,9-10,15-16,18-19,22,24H,4-8,11-14H2;1-5H,(H,8,9)/t15?,16?,19?,21-;/m0./s1. The molecule has 6 heteroatoms. The van der Waals surface area contributed by atoms with E-state index in [0.29, 0.717) is 23.0 Å². The fraction of sp³-hybridized carbons (Fsp3) is 0.500. The van der Waals surface area contributed by atoms with Gasteiger partial charge in [-0.25, -0.2) is 9.59 Å². The van der Waals surface area contributed by atoms with Crippen molar-refractivity contribution in [3.05, 3.63) is 71.8 Å². The SMILES string of the molecule is O=C(O)c1ccccc1.O=C(OC1C2CCCC1CNC2)[C@](O)(c1ccccc1)C1CCCC1. The van der Waals surface area contributed by atoms with Gasteiger partial charge in [0, 0.05) is 30.8 Å². The number of aromatic carboxylic acids is 1. The van der Waals surface area contributed by atoms with Crippen molar-refractivity contribution >= 4 is 11.9 Å². The Balaban J connectivity index is 0.000000257. The second kappa shape index (κ2) is 11.2. The zero-order valence-corrected chi connectivity index (χ0v) is 19.6. The molecule has 2 aliphatic carbocycles. The maximum absolute atomic E-state index is 13.3. The fourth-order valence-corrected chi connectivity index (χ4v) is 5.79. The predicted octanol–water partition coefficient (Wildman–Crippen LogP) is 4.38. The van der Waals surface area contributed by atoms with Crippen LogP contribution in [0.5, 0.6) is 0 Å². The van der Waals surface area contributed by atoms with Crippen LogP contribution in [-0.2, 0) is 15.1 Å². The van der Waals surface area contributed by atoms with Gasteiger partial charge in [0.25, 0.3) is 0 Å². The molecule has 182 valence electrons. The molecule has 3 fully saturated rings. The number of nitrogens with one attached hydrogen (secondary N) is 1. The minimum Gasteiger partial charge on any atom is -0.478 e. The van der Waals surface area contributed by atoms with Gasteiger partial charge in [-0.2, -0.15) is 0 Å². The minimum absolute atomic E-state index is 0.0380. The number of rotatable bonds is 5. The number of hydrogen-bond acceptors (Lipinski definition) is 5. The molecule has 0 amide bonds. The van der Waals surface area contributed by atoms with Crippen LogP contribution in [0.2, 0.25) is 0 Å². The summed E-state index contributed by atoms with van der Waals surface area (Å²) in [4.78, 5) is 23.5. The number of piperidine rings is 1.